The van der Waals surface area contributed by atoms with Crippen LogP contribution in [-0.4, -0.2) is 58.0 Å². The minimum absolute atomic E-state index is 0.886. The van der Waals surface area contributed by atoms with Crippen molar-refractivity contribution in [3.63, 3.8) is 0 Å². The minimum atomic E-state index is 0.886. The number of rotatable bonds is 4. The Morgan fingerprint density at radius 3 is 0.932 bits per heavy atom. The van der Waals surface area contributed by atoms with Crippen molar-refractivity contribution >= 4 is 0 Å². The van der Waals surface area contributed by atoms with Crippen molar-refractivity contribution in [3.8, 4) is 44.8 Å². The second-order valence-electron chi connectivity index (χ2n) is 8.43. The average molecular weight is 598 g/mol. The Balaban J connectivity index is 0.000000342. The number of ether oxygens (including phenoxy) is 2. The summed E-state index contributed by atoms with van der Waals surface area (Å²) in [4.78, 5) is 0. The number of aliphatic hydroxyl groups excluding tert-OH is 1. The van der Waals surface area contributed by atoms with E-state index in [0.29, 0.717) is 0 Å². The van der Waals surface area contributed by atoms with Gasteiger partial charge in [0, 0.05) is 57.8 Å². The van der Waals surface area contributed by atoms with Crippen molar-refractivity contribution in [1.82, 2.24) is 10.3 Å². The van der Waals surface area contributed by atoms with Gasteiger partial charge in [-0.25, -0.2) is 0 Å². The Bertz CT molecular complexity index is 1250. The molecule has 6 aromatic rings. The van der Waals surface area contributed by atoms with Gasteiger partial charge in [0.25, 0.3) is 0 Å². The van der Waals surface area contributed by atoms with E-state index in [1.807, 2.05) is 97.1 Å². The fourth-order valence-electron chi connectivity index (χ4n) is 3.73. The molecule has 0 amide bonds. The Kier molecular flexibility index (Phi) is 20.0. The molecule has 44 heavy (non-hydrogen) atoms. The van der Waals surface area contributed by atoms with Crippen LogP contribution < -0.4 is 5.73 Å². The lowest BCUT2D eigenvalue weighted by Crippen LogP contribution is -1.81. The second kappa shape index (κ2) is 23.7. The highest BCUT2D eigenvalue weighted by Gasteiger charge is 2.12. The van der Waals surface area contributed by atoms with E-state index >= 15 is 0 Å². The van der Waals surface area contributed by atoms with Crippen LogP contribution in [0.25, 0.3) is 44.8 Å². The van der Waals surface area contributed by atoms with Crippen LogP contribution in [0.2, 0.25) is 0 Å². The van der Waals surface area contributed by atoms with Crippen molar-refractivity contribution < 1.29 is 23.6 Å². The quantitative estimate of drug-likeness (QED) is 0.212. The number of aromatic nitrogens is 2. The molecule has 0 radical (unpaired) electrons. The lowest BCUT2D eigenvalue weighted by molar-refractivity contribution is 0.277. The Hall–Kier alpha value is -4.86. The number of benzene rings is 4. The SMILES string of the molecule is CN.CO.COC.COC.c1ccc(-c2conc2-c2ccccc2)cc1.c1ccc(-c2conc2-c2ccccc2)cc1. The molecule has 3 N–H and O–H groups in total. The number of nitrogens with two attached hydrogens (primary N) is 1. The van der Waals surface area contributed by atoms with E-state index in [2.05, 4.69) is 49.8 Å². The van der Waals surface area contributed by atoms with Gasteiger partial charge < -0.3 is 29.4 Å². The predicted molar refractivity (Wildman–Crippen MR) is 179 cm³/mol. The molecule has 0 saturated carbocycles. The summed E-state index contributed by atoms with van der Waals surface area (Å²) in [7, 11) is 9.00. The first-order valence-corrected chi connectivity index (χ1v) is 13.7. The highest BCUT2D eigenvalue weighted by atomic mass is 16.5. The van der Waals surface area contributed by atoms with Crippen molar-refractivity contribution in [1.29, 1.82) is 0 Å². The topological polar surface area (TPSA) is 117 Å². The normalized spacial score (nSPS) is 9.09. The van der Waals surface area contributed by atoms with E-state index in [-0.39, 0.29) is 0 Å². The van der Waals surface area contributed by atoms with Crippen LogP contribution in [0, 0.1) is 0 Å². The van der Waals surface area contributed by atoms with Crippen molar-refractivity contribution in [3.05, 3.63) is 134 Å². The second-order valence-corrected chi connectivity index (χ2v) is 8.43. The van der Waals surface area contributed by atoms with E-state index in [0.717, 1.165) is 51.9 Å². The van der Waals surface area contributed by atoms with Crippen molar-refractivity contribution in [2.75, 3.05) is 42.6 Å². The van der Waals surface area contributed by atoms with Crippen LogP contribution in [0.3, 0.4) is 0 Å². The number of aliphatic hydroxyl groups is 1. The maximum atomic E-state index is 7.00. The van der Waals surface area contributed by atoms with Crippen molar-refractivity contribution in [2.45, 2.75) is 0 Å². The molecule has 0 atom stereocenters. The first-order chi connectivity index (χ1) is 21.7. The third-order valence-electron chi connectivity index (χ3n) is 5.40. The molecule has 0 fully saturated rings. The van der Waals surface area contributed by atoms with Crippen LogP contribution >= 0.6 is 0 Å². The van der Waals surface area contributed by atoms with Gasteiger partial charge in [-0.05, 0) is 18.2 Å². The van der Waals surface area contributed by atoms with Gasteiger partial charge in [0.15, 0.2) is 0 Å². The summed E-state index contributed by atoms with van der Waals surface area (Å²) in [6.45, 7) is 0. The monoisotopic (exact) mass is 597 g/mol. The lowest BCUT2D eigenvalue weighted by atomic mass is 10.0. The molecule has 0 aliphatic carbocycles. The molecule has 0 saturated heterocycles. The predicted octanol–water partition coefficient (Wildman–Crippen LogP) is 7.73. The van der Waals surface area contributed by atoms with Crippen molar-refractivity contribution in [2.24, 2.45) is 5.73 Å². The molecule has 8 heteroatoms. The zero-order valence-corrected chi connectivity index (χ0v) is 26.3. The Morgan fingerprint density at radius 2 is 0.682 bits per heavy atom. The maximum Gasteiger partial charge on any atom is 0.132 e. The first kappa shape index (κ1) is 37.2. The van der Waals surface area contributed by atoms with Crippen LogP contribution in [0.4, 0.5) is 0 Å². The van der Waals surface area contributed by atoms with Crippen LogP contribution in [0.5, 0.6) is 0 Å². The van der Waals surface area contributed by atoms with E-state index < -0.39 is 0 Å². The molecule has 6 rings (SSSR count). The van der Waals surface area contributed by atoms with Crippen LogP contribution in [0.15, 0.2) is 143 Å². The molecule has 232 valence electrons. The standard InChI is InChI=1S/2C15H11NO.2C2H6O.CH5N.CH4O/c2*1-3-7-12(8-4-1)14-11-17-16-15(14)13-9-5-2-6-10-13;2*1-3-2;2*1-2/h2*1-11H;2*1-2H3;2H2,1H3;2H,1H3. The summed E-state index contributed by atoms with van der Waals surface area (Å²) in [5.74, 6) is 0. The molecule has 0 spiro atoms. The summed E-state index contributed by atoms with van der Waals surface area (Å²) in [5.41, 5.74) is 12.7. The van der Waals surface area contributed by atoms with E-state index in [1.165, 1.54) is 7.05 Å². The van der Waals surface area contributed by atoms with Gasteiger partial charge in [0.05, 0.1) is 0 Å². The highest BCUT2D eigenvalue weighted by molar-refractivity contribution is 5.80. The summed E-state index contributed by atoms with van der Waals surface area (Å²) in [6.07, 6.45) is 3.38. The third-order valence-corrected chi connectivity index (χ3v) is 5.40. The summed E-state index contributed by atoms with van der Waals surface area (Å²) in [6, 6.07) is 40.4. The molecule has 0 unspecified atom stereocenters. The molecule has 0 aliphatic heterocycles. The molecule has 2 heterocycles. The number of nitrogens with zero attached hydrogens (tertiary/aromatic N) is 2. The minimum Gasteiger partial charge on any atom is -0.400 e. The highest BCUT2D eigenvalue weighted by Crippen LogP contribution is 2.31. The molecule has 0 bridgehead atoms. The lowest BCUT2D eigenvalue weighted by Gasteiger charge is -2.00. The van der Waals surface area contributed by atoms with Crippen LogP contribution in [-0.2, 0) is 9.47 Å². The molecular weight excluding hydrogens is 554 g/mol. The van der Waals surface area contributed by atoms with Gasteiger partial charge in [0.2, 0.25) is 0 Å². The summed E-state index contributed by atoms with van der Waals surface area (Å²) < 4.78 is 18.7. The summed E-state index contributed by atoms with van der Waals surface area (Å²) in [5, 5.41) is 15.2. The van der Waals surface area contributed by atoms with Crippen LogP contribution in [0.1, 0.15) is 0 Å². The van der Waals surface area contributed by atoms with E-state index in [9.17, 15) is 0 Å². The fraction of sp³-hybridized carbons (Fsp3) is 0.167. The number of hydrogen-bond donors (Lipinski definition) is 2. The molecular formula is C36H43N3O5. The Labute approximate surface area is 260 Å². The maximum absolute atomic E-state index is 7.00. The smallest absolute Gasteiger partial charge is 0.132 e. The van der Waals surface area contributed by atoms with Gasteiger partial charge >= 0.3 is 0 Å². The zero-order chi connectivity index (χ0) is 32.4. The van der Waals surface area contributed by atoms with Gasteiger partial charge in [-0.3, -0.25) is 0 Å². The van der Waals surface area contributed by atoms with E-state index in [4.69, 9.17) is 14.2 Å². The first-order valence-electron chi connectivity index (χ1n) is 13.7. The fourth-order valence-corrected chi connectivity index (χ4v) is 3.73. The molecule has 8 nitrogen and oxygen atoms in total. The number of methoxy groups -OCH3 is 2. The van der Waals surface area contributed by atoms with Gasteiger partial charge in [-0.2, -0.15) is 0 Å². The van der Waals surface area contributed by atoms with E-state index in [1.54, 1.807) is 41.0 Å². The summed E-state index contributed by atoms with van der Waals surface area (Å²) >= 11 is 0. The van der Waals surface area contributed by atoms with Gasteiger partial charge in [-0.1, -0.05) is 132 Å². The zero-order valence-electron chi connectivity index (χ0n) is 26.3. The molecule has 0 aliphatic rings. The Morgan fingerprint density at radius 1 is 0.455 bits per heavy atom. The van der Waals surface area contributed by atoms with Gasteiger partial charge in [0.1, 0.15) is 23.9 Å². The number of hydrogen-bond acceptors (Lipinski definition) is 8. The van der Waals surface area contributed by atoms with Gasteiger partial charge in [-0.15, -0.1) is 0 Å². The molecule has 4 aromatic carbocycles. The largest absolute Gasteiger partial charge is 0.400 e. The molecule has 2 aromatic heterocycles. The third kappa shape index (κ3) is 12.2. The average Bonchev–Trinajstić information content (AvgIpc) is 3.81.